The predicted molar refractivity (Wildman–Crippen MR) is 188 cm³/mol. The summed E-state index contributed by atoms with van der Waals surface area (Å²) in [5.41, 5.74) is 3.73. The number of aromatic nitrogens is 2. The summed E-state index contributed by atoms with van der Waals surface area (Å²) in [6.07, 6.45) is 3.59. The molecule has 0 amide bonds. The lowest BCUT2D eigenvalue weighted by Gasteiger charge is -2.36. The first kappa shape index (κ1) is 37.2. The Morgan fingerprint density at radius 2 is 1.28 bits per heavy atom. The zero-order valence-corrected chi connectivity index (χ0v) is 28.0. The van der Waals surface area contributed by atoms with Gasteiger partial charge in [-0.25, -0.2) is 4.79 Å². The van der Waals surface area contributed by atoms with Gasteiger partial charge in [-0.3, -0.25) is 14.9 Å². The van der Waals surface area contributed by atoms with Crippen LogP contribution in [0.4, 0.5) is 5.69 Å². The first-order valence-electron chi connectivity index (χ1n) is 14.0. The van der Waals surface area contributed by atoms with E-state index in [0.717, 1.165) is 17.1 Å². The van der Waals surface area contributed by atoms with Gasteiger partial charge in [0.25, 0.3) is 0 Å². The maximum Gasteiger partial charge on any atom is 0.340 e. The van der Waals surface area contributed by atoms with Crippen LogP contribution in [0.1, 0.15) is 38.4 Å². The van der Waals surface area contributed by atoms with Crippen LogP contribution in [0.3, 0.4) is 0 Å². The number of carbonyl (C=O) groups is 1. The Morgan fingerprint density at radius 1 is 0.702 bits per heavy atom. The van der Waals surface area contributed by atoms with Crippen molar-refractivity contribution in [2.75, 3.05) is 18.4 Å². The van der Waals surface area contributed by atoms with E-state index in [-0.39, 0.29) is 61.1 Å². The van der Waals surface area contributed by atoms with Gasteiger partial charge in [-0.2, -0.15) is 0 Å². The normalized spacial score (nSPS) is 12.8. The molecule has 0 saturated heterocycles. The standard InChI is InChI=1S/C34H28N4O5.4ClH/c39-25-8-11-28-31(18-25)42-32-19-26(40)9-12-29(32)34(28)30-17-22(7-10-27(30)33(41)43-34)37-15-16-38(20-23-5-1-3-13-35-23)21-24-6-2-4-14-36-24;;;;/h1-14,17-19,37,39-40H,15-16,20-21H2;4*1H. The Kier molecular flexibility index (Phi) is 12.3. The van der Waals surface area contributed by atoms with Crippen molar-refractivity contribution in [3.63, 3.8) is 0 Å². The van der Waals surface area contributed by atoms with Crippen molar-refractivity contribution >= 4 is 61.3 Å². The van der Waals surface area contributed by atoms with Gasteiger partial charge in [0.05, 0.1) is 17.0 Å². The number of benzene rings is 3. The number of nitrogens with zero attached hydrogens (tertiary/aromatic N) is 3. The molecule has 0 aliphatic carbocycles. The van der Waals surface area contributed by atoms with Crippen molar-refractivity contribution in [1.82, 2.24) is 14.9 Å². The molecule has 0 bridgehead atoms. The molecule has 0 fully saturated rings. The number of ether oxygens (including phenoxy) is 2. The number of fused-ring (bicyclic) bond motifs is 6. The quantitative estimate of drug-likeness (QED) is 0.143. The van der Waals surface area contributed by atoms with Crippen LogP contribution < -0.4 is 10.1 Å². The summed E-state index contributed by atoms with van der Waals surface area (Å²) in [5.74, 6) is 0.254. The van der Waals surface area contributed by atoms with E-state index in [9.17, 15) is 15.0 Å². The molecule has 2 aliphatic heterocycles. The molecule has 1 spiro atoms. The molecule has 0 saturated carbocycles. The Balaban J connectivity index is 0.00000150. The Hall–Kier alpha value is -4.25. The Labute approximate surface area is 296 Å². The molecule has 5 aromatic rings. The summed E-state index contributed by atoms with van der Waals surface area (Å²) in [6, 6.07) is 26.8. The minimum atomic E-state index is -1.31. The highest BCUT2D eigenvalue weighted by Crippen LogP contribution is 2.57. The van der Waals surface area contributed by atoms with E-state index < -0.39 is 11.6 Å². The second kappa shape index (κ2) is 15.6. The highest BCUT2D eigenvalue weighted by Gasteiger charge is 2.53. The molecule has 13 heteroatoms. The van der Waals surface area contributed by atoms with Crippen molar-refractivity contribution in [2.45, 2.75) is 18.7 Å². The highest BCUT2D eigenvalue weighted by molar-refractivity contribution is 5.97. The second-order valence-electron chi connectivity index (χ2n) is 10.6. The number of anilines is 1. The lowest BCUT2D eigenvalue weighted by atomic mass is 9.77. The third kappa shape index (κ3) is 7.20. The summed E-state index contributed by atoms with van der Waals surface area (Å²) >= 11 is 0. The first-order valence-corrected chi connectivity index (χ1v) is 14.0. The molecule has 47 heavy (non-hydrogen) atoms. The number of rotatable bonds is 8. The van der Waals surface area contributed by atoms with E-state index in [4.69, 9.17) is 9.47 Å². The van der Waals surface area contributed by atoms with Gasteiger partial charge in [0.2, 0.25) is 0 Å². The van der Waals surface area contributed by atoms with Gasteiger partial charge in [0.1, 0.15) is 23.0 Å². The van der Waals surface area contributed by atoms with Gasteiger partial charge in [0, 0.05) is 73.1 Å². The van der Waals surface area contributed by atoms with Crippen molar-refractivity contribution in [1.29, 1.82) is 0 Å². The van der Waals surface area contributed by atoms with E-state index >= 15 is 0 Å². The average molecular weight is 718 g/mol. The maximum atomic E-state index is 13.3. The average Bonchev–Trinajstić information content (AvgIpc) is 3.29. The molecule has 2 aliphatic rings. The summed E-state index contributed by atoms with van der Waals surface area (Å²) in [7, 11) is 0. The van der Waals surface area contributed by atoms with E-state index in [1.165, 1.54) is 12.1 Å². The SMILES string of the molecule is Cl.Cl.Cl.Cl.O=C1OC2(c3ccc(O)cc3Oc3cc(O)ccc32)c2cc(NCCN(Cc3ccccn3)Cc3ccccn3)ccc21. The number of halogens is 4. The number of hydrogen-bond acceptors (Lipinski definition) is 9. The summed E-state index contributed by atoms with van der Waals surface area (Å²) in [4.78, 5) is 24.5. The van der Waals surface area contributed by atoms with Crippen LogP contribution in [-0.4, -0.2) is 44.1 Å². The highest BCUT2D eigenvalue weighted by atomic mass is 35.5. The van der Waals surface area contributed by atoms with Gasteiger partial charge < -0.3 is 25.0 Å². The minimum absolute atomic E-state index is 0. The van der Waals surface area contributed by atoms with E-state index in [2.05, 4.69) is 20.2 Å². The van der Waals surface area contributed by atoms with Gasteiger partial charge >= 0.3 is 5.97 Å². The molecule has 3 N–H and O–H groups in total. The lowest BCUT2D eigenvalue weighted by molar-refractivity contribution is 0.0224. The van der Waals surface area contributed by atoms with Crippen molar-refractivity contribution < 1.29 is 24.5 Å². The smallest absolute Gasteiger partial charge is 0.340 e. The lowest BCUT2D eigenvalue weighted by Crippen LogP contribution is -2.33. The van der Waals surface area contributed by atoms with Gasteiger partial charge in [-0.15, -0.1) is 49.6 Å². The Bertz CT molecular complexity index is 1740. The van der Waals surface area contributed by atoms with Gasteiger partial charge in [-0.05, 0) is 66.7 Å². The molecule has 4 heterocycles. The van der Waals surface area contributed by atoms with Crippen molar-refractivity contribution in [2.24, 2.45) is 0 Å². The van der Waals surface area contributed by atoms with Crippen LogP contribution in [0.5, 0.6) is 23.0 Å². The number of esters is 1. The van der Waals surface area contributed by atoms with Crippen molar-refractivity contribution in [3.8, 4) is 23.0 Å². The number of hydrogen-bond donors (Lipinski definition) is 3. The summed E-state index contributed by atoms with van der Waals surface area (Å²) in [6.45, 7) is 2.67. The number of pyridine rings is 2. The number of aromatic hydroxyl groups is 2. The van der Waals surface area contributed by atoms with Crippen LogP contribution in [0.15, 0.2) is 103 Å². The van der Waals surface area contributed by atoms with Gasteiger partial charge in [0.15, 0.2) is 5.60 Å². The van der Waals surface area contributed by atoms with Crippen LogP contribution in [0.2, 0.25) is 0 Å². The third-order valence-electron chi connectivity index (χ3n) is 7.75. The predicted octanol–water partition coefficient (Wildman–Crippen LogP) is 7.26. The first-order chi connectivity index (χ1) is 21.0. The number of phenols is 2. The number of carbonyl (C=O) groups excluding carboxylic acids is 1. The van der Waals surface area contributed by atoms with Crippen LogP contribution in [-0.2, 0) is 23.4 Å². The van der Waals surface area contributed by atoms with Crippen LogP contribution in [0.25, 0.3) is 0 Å². The zero-order valence-electron chi connectivity index (χ0n) is 24.7. The summed E-state index contributed by atoms with van der Waals surface area (Å²) in [5, 5.41) is 23.9. The molecule has 7 rings (SSSR count). The minimum Gasteiger partial charge on any atom is -0.508 e. The van der Waals surface area contributed by atoms with Gasteiger partial charge in [-0.1, -0.05) is 12.1 Å². The fourth-order valence-corrected chi connectivity index (χ4v) is 5.82. The zero-order chi connectivity index (χ0) is 29.4. The molecular weight excluding hydrogens is 686 g/mol. The molecule has 246 valence electrons. The monoisotopic (exact) mass is 716 g/mol. The van der Waals surface area contributed by atoms with Crippen LogP contribution in [0, 0.1) is 0 Å². The second-order valence-corrected chi connectivity index (χ2v) is 10.6. The molecule has 0 radical (unpaired) electrons. The molecular formula is C34H32Cl4N4O5. The fraction of sp³-hybridized carbons (Fsp3) is 0.147. The van der Waals surface area contributed by atoms with Crippen molar-refractivity contribution in [3.05, 3.63) is 137 Å². The van der Waals surface area contributed by atoms with E-state index in [1.54, 1.807) is 42.7 Å². The summed E-state index contributed by atoms with van der Waals surface area (Å²) < 4.78 is 12.2. The maximum absolute atomic E-state index is 13.3. The van der Waals surface area contributed by atoms with E-state index in [0.29, 0.717) is 59.9 Å². The van der Waals surface area contributed by atoms with Crippen LogP contribution >= 0.6 is 49.6 Å². The van der Waals surface area contributed by atoms with E-state index in [1.807, 2.05) is 48.5 Å². The number of phenolic OH excluding ortho intramolecular Hbond substituents is 2. The molecule has 3 aromatic carbocycles. The third-order valence-corrected chi connectivity index (χ3v) is 7.75. The molecule has 0 unspecified atom stereocenters. The molecule has 2 aromatic heterocycles. The molecule has 9 nitrogen and oxygen atoms in total. The number of nitrogens with one attached hydrogen (secondary N) is 1. The topological polar surface area (TPSA) is 117 Å². The largest absolute Gasteiger partial charge is 0.508 e. The molecule has 0 atom stereocenters. The fourth-order valence-electron chi connectivity index (χ4n) is 5.82. The Morgan fingerprint density at radius 3 is 1.81 bits per heavy atom.